The van der Waals surface area contributed by atoms with Crippen molar-refractivity contribution in [3.05, 3.63) is 48.1 Å². The summed E-state index contributed by atoms with van der Waals surface area (Å²) in [5.41, 5.74) is 2.67. The van der Waals surface area contributed by atoms with E-state index in [1.54, 1.807) is 12.2 Å². The molecule has 0 aliphatic heterocycles. The summed E-state index contributed by atoms with van der Waals surface area (Å²) in [6, 6.07) is 2.10. The second-order valence-electron chi connectivity index (χ2n) is 3.41. The van der Waals surface area contributed by atoms with Crippen LogP contribution in [0.15, 0.2) is 48.1 Å². The first-order valence-electron chi connectivity index (χ1n) is 4.91. The summed E-state index contributed by atoms with van der Waals surface area (Å²) < 4.78 is 0. The van der Waals surface area contributed by atoms with Crippen molar-refractivity contribution in [2.24, 2.45) is 0 Å². The average molecular weight is 185 g/mol. The molecule has 0 aromatic heterocycles. The standard InChI is InChI=1S/C13H15N/c1-2-3-4-6-12-7-5-8-13(11-12)9-10-14/h2-4,6,9H,1,5,7-8,11H2/b4-3-,12-6-,13-9+. The van der Waals surface area contributed by atoms with Crippen molar-refractivity contribution in [2.45, 2.75) is 25.7 Å². The van der Waals surface area contributed by atoms with Gasteiger partial charge in [-0.2, -0.15) is 5.26 Å². The number of hydrogen-bond acceptors (Lipinski definition) is 1. The average Bonchev–Trinajstić information content (AvgIpc) is 2.19. The third kappa shape index (κ3) is 3.45. The Morgan fingerprint density at radius 2 is 2.00 bits per heavy atom. The topological polar surface area (TPSA) is 23.8 Å². The Morgan fingerprint density at radius 3 is 2.71 bits per heavy atom. The van der Waals surface area contributed by atoms with Crippen molar-refractivity contribution in [1.82, 2.24) is 0 Å². The number of hydrogen-bond donors (Lipinski definition) is 0. The molecule has 0 bridgehead atoms. The maximum Gasteiger partial charge on any atom is 0.0911 e. The molecule has 0 atom stereocenters. The van der Waals surface area contributed by atoms with Crippen LogP contribution >= 0.6 is 0 Å². The van der Waals surface area contributed by atoms with Gasteiger partial charge in [-0.3, -0.25) is 0 Å². The predicted octanol–water partition coefficient (Wildman–Crippen LogP) is 3.68. The highest BCUT2D eigenvalue weighted by Gasteiger charge is 2.08. The van der Waals surface area contributed by atoms with Crippen LogP contribution in [0.5, 0.6) is 0 Å². The van der Waals surface area contributed by atoms with Crippen molar-refractivity contribution >= 4 is 0 Å². The second-order valence-corrected chi connectivity index (χ2v) is 3.41. The molecule has 1 aliphatic carbocycles. The van der Waals surface area contributed by atoms with Gasteiger partial charge in [-0.15, -0.1) is 0 Å². The molecule has 1 fully saturated rings. The fraction of sp³-hybridized carbons (Fsp3) is 0.308. The monoisotopic (exact) mass is 185 g/mol. The van der Waals surface area contributed by atoms with Crippen molar-refractivity contribution < 1.29 is 0 Å². The molecule has 1 rings (SSSR count). The molecule has 1 saturated carbocycles. The van der Waals surface area contributed by atoms with E-state index >= 15 is 0 Å². The van der Waals surface area contributed by atoms with Gasteiger partial charge < -0.3 is 0 Å². The molecule has 0 aromatic carbocycles. The third-order valence-corrected chi connectivity index (χ3v) is 2.30. The van der Waals surface area contributed by atoms with Gasteiger partial charge in [0.2, 0.25) is 0 Å². The van der Waals surface area contributed by atoms with Gasteiger partial charge in [-0.05, 0) is 25.7 Å². The van der Waals surface area contributed by atoms with E-state index < -0.39 is 0 Å². The minimum absolute atomic E-state index is 0.967. The molecule has 0 amide bonds. The molecule has 0 spiro atoms. The summed E-state index contributed by atoms with van der Waals surface area (Å²) in [6.07, 6.45) is 13.9. The Morgan fingerprint density at radius 1 is 1.21 bits per heavy atom. The highest BCUT2D eigenvalue weighted by Crippen LogP contribution is 2.27. The lowest BCUT2D eigenvalue weighted by Crippen LogP contribution is -1.97. The first kappa shape index (κ1) is 10.5. The molecule has 1 aliphatic rings. The lowest BCUT2D eigenvalue weighted by Gasteiger charge is -2.15. The molecule has 1 heteroatoms. The Kier molecular flexibility index (Phi) is 4.50. The number of nitriles is 1. The number of nitrogens with zero attached hydrogens (tertiary/aromatic N) is 1. The van der Waals surface area contributed by atoms with Gasteiger partial charge in [0.15, 0.2) is 0 Å². The molecule has 0 heterocycles. The van der Waals surface area contributed by atoms with Crippen LogP contribution < -0.4 is 0 Å². The summed E-state index contributed by atoms with van der Waals surface area (Å²) in [4.78, 5) is 0. The zero-order valence-electron chi connectivity index (χ0n) is 8.37. The summed E-state index contributed by atoms with van der Waals surface area (Å²) in [7, 11) is 0. The van der Waals surface area contributed by atoms with E-state index in [2.05, 4.69) is 18.7 Å². The van der Waals surface area contributed by atoms with Crippen LogP contribution in [0.4, 0.5) is 0 Å². The van der Waals surface area contributed by atoms with E-state index in [1.165, 1.54) is 17.6 Å². The van der Waals surface area contributed by atoms with E-state index in [1.807, 2.05) is 12.2 Å². The molecule has 0 unspecified atom stereocenters. The Balaban J connectivity index is 2.61. The van der Waals surface area contributed by atoms with Crippen molar-refractivity contribution in [1.29, 1.82) is 5.26 Å². The smallest absolute Gasteiger partial charge is 0.0911 e. The van der Waals surface area contributed by atoms with Crippen LogP contribution in [0, 0.1) is 11.3 Å². The zero-order valence-corrected chi connectivity index (χ0v) is 8.37. The maximum absolute atomic E-state index is 8.55. The van der Waals surface area contributed by atoms with Gasteiger partial charge in [0.05, 0.1) is 6.07 Å². The van der Waals surface area contributed by atoms with Crippen molar-refractivity contribution in [3.8, 4) is 6.07 Å². The summed E-state index contributed by atoms with van der Waals surface area (Å²) >= 11 is 0. The summed E-state index contributed by atoms with van der Waals surface area (Å²) in [5.74, 6) is 0. The summed E-state index contributed by atoms with van der Waals surface area (Å²) in [5, 5.41) is 8.55. The molecular formula is C13H15N. The normalized spacial score (nSPS) is 22.8. The number of rotatable bonds is 2. The summed E-state index contributed by atoms with van der Waals surface area (Å²) in [6.45, 7) is 3.62. The molecule has 14 heavy (non-hydrogen) atoms. The van der Waals surface area contributed by atoms with E-state index in [9.17, 15) is 0 Å². The van der Waals surface area contributed by atoms with Crippen LogP contribution in [0.25, 0.3) is 0 Å². The predicted molar refractivity (Wildman–Crippen MR) is 59.6 cm³/mol. The molecular weight excluding hydrogens is 170 g/mol. The van der Waals surface area contributed by atoms with Gasteiger partial charge in [-0.25, -0.2) is 0 Å². The Bertz CT molecular complexity index is 324. The Labute approximate surface area is 85.7 Å². The quantitative estimate of drug-likeness (QED) is 0.475. The Hall–Kier alpha value is -1.55. The minimum atomic E-state index is 0.967. The molecule has 72 valence electrons. The van der Waals surface area contributed by atoms with E-state index in [0.717, 1.165) is 19.3 Å². The lowest BCUT2D eigenvalue weighted by atomic mass is 9.90. The van der Waals surface area contributed by atoms with Gasteiger partial charge in [-0.1, -0.05) is 42.0 Å². The maximum atomic E-state index is 8.55. The van der Waals surface area contributed by atoms with Gasteiger partial charge in [0, 0.05) is 6.08 Å². The van der Waals surface area contributed by atoms with E-state index in [0.29, 0.717) is 0 Å². The van der Waals surface area contributed by atoms with E-state index in [-0.39, 0.29) is 0 Å². The third-order valence-electron chi connectivity index (χ3n) is 2.30. The fourth-order valence-corrected chi connectivity index (χ4v) is 1.64. The second kappa shape index (κ2) is 5.99. The van der Waals surface area contributed by atoms with Crippen LogP contribution in [-0.2, 0) is 0 Å². The zero-order chi connectivity index (χ0) is 10.2. The molecule has 1 nitrogen and oxygen atoms in total. The van der Waals surface area contributed by atoms with Gasteiger partial charge in [0.1, 0.15) is 0 Å². The largest absolute Gasteiger partial charge is 0.193 e. The molecule has 0 N–H and O–H groups in total. The first-order valence-corrected chi connectivity index (χ1v) is 4.91. The van der Waals surface area contributed by atoms with Crippen molar-refractivity contribution in [3.63, 3.8) is 0 Å². The van der Waals surface area contributed by atoms with Crippen LogP contribution in [0.1, 0.15) is 25.7 Å². The fourth-order valence-electron chi connectivity index (χ4n) is 1.64. The SMILES string of the molecule is C=C/C=C\C=C1\CCC/C(=C\C#N)C1. The number of allylic oxidation sites excluding steroid dienone is 7. The lowest BCUT2D eigenvalue weighted by molar-refractivity contribution is 0.712. The van der Waals surface area contributed by atoms with Crippen LogP contribution in [0.2, 0.25) is 0 Å². The first-order chi connectivity index (χ1) is 6.86. The van der Waals surface area contributed by atoms with E-state index in [4.69, 9.17) is 5.26 Å². The van der Waals surface area contributed by atoms with Gasteiger partial charge in [0.25, 0.3) is 0 Å². The van der Waals surface area contributed by atoms with Crippen LogP contribution in [0.3, 0.4) is 0 Å². The highest BCUT2D eigenvalue weighted by atomic mass is 14.2. The van der Waals surface area contributed by atoms with Gasteiger partial charge >= 0.3 is 0 Å². The molecule has 0 radical (unpaired) electrons. The minimum Gasteiger partial charge on any atom is -0.193 e. The molecule has 0 saturated heterocycles. The van der Waals surface area contributed by atoms with Crippen molar-refractivity contribution in [2.75, 3.05) is 0 Å². The highest BCUT2D eigenvalue weighted by molar-refractivity contribution is 5.26. The van der Waals surface area contributed by atoms with Crippen LogP contribution in [-0.4, -0.2) is 0 Å². The molecule has 0 aromatic rings.